The first-order valence-electron chi connectivity index (χ1n) is 7.35. The van der Waals surface area contributed by atoms with Gasteiger partial charge in [-0.1, -0.05) is 42.8 Å². The van der Waals surface area contributed by atoms with Gasteiger partial charge in [0, 0.05) is 0 Å². The number of fused-ring (bicyclic) bond motifs is 1. The Labute approximate surface area is 124 Å². The van der Waals surface area contributed by atoms with Crippen molar-refractivity contribution in [3.63, 3.8) is 0 Å². The molecule has 0 saturated carbocycles. The summed E-state index contributed by atoms with van der Waals surface area (Å²) in [6.07, 6.45) is 2.22. The molecule has 1 aromatic heterocycles. The molecule has 1 atom stereocenters. The van der Waals surface area contributed by atoms with Crippen LogP contribution in [0.5, 0.6) is 0 Å². The Morgan fingerprint density at radius 2 is 2.00 bits per heavy atom. The number of benzene rings is 2. The van der Waals surface area contributed by atoms with E-state index >= 15 is 0 Å². The summed E-state index contributed by atoms with van der Waals surface area (Å²) in [4.78, 5) is 0. The smallest absolute Gasteiger partial charge is 0.113 e. The van der Waals surface area contributed by atoms with Crippen LogP contribution in [0.3, 0.4) is 0 Å². The van der Waals surface area contributed by atoms with Gasteiger partial charge in [0.2, 0.25) is 0 Å². The molecular formula is C17H19N3O. The molecule has 4 nitrogen and oxygen atoms in total. The number of aromatic nitrogens is 3. The first-order chi connectivity index (χ1) is 10.3. The van der Waals surface area contributed by atoms with E-state index in [1.165, 1.54) is 0 Å². The van der Waals surface area contributed by atoms with E-state index in [4.69, 9.17) is 0 Å². The van der Waals surface area contributed by atoms with Gasteiger partial charge in [0.25, 0.3) is 0 Å². The van der Waals surface area contributed by atoms with Crippen LogP contribution in [0.4, 0.5) is 0 Å². The number of aliphatic hydroxyl groups excluding tert-OH is 1. The van der Waals surface area contributed by atoms with Gasteiger partial charge in [-0.05, 0) is 42.7 Å². The molecule has 2 aromatic carbocycles. The number of nitrogens with zero attached hydrogens (tertiary/aromatic N) is 3. The highest BCUT2D eigenvalue weighted by Crippen LogP contribution is 2.18. The normalized spacial score (nSPS) is 12.7. The van der Waals surface area contributed by atoms with E-state index in [-0.39, 0.29) is 6.10 Å². The fraction of sp³-hybridized carbons (Fsp3) is 0.294. The fourth-order valence-corrected chi connectivity index (χ4v) is 2.58. The minimum absolute atomic E-state index is 0.280. The zero-order valence-electron chi connectivity index (χ0n) is 12.1. The Morgan fingerprint density at radius 3 is 2.86 bits per heavy atom. The Kier molecular flexibility index (Phi) is 3.97. The Morgan fingerprint density at radius 1 is 1.14 bits per heavy atom. The van der Waals surface area contributed by atoms with E-state index in [1.807, 2.05) is 47.1 Å². The molecule has 0 radical (unpaired) electrons. The second-order valence-electron chi connectivity index (χ2n) is 5.31. The molecule has 108 valence electrons. The van der Waals surface area contributed by atoms with Gasteiger partial charge in [0.15, 0.2) is 0 Å². The molecular weight excluding hydrogens is 262 g/mol. The lowest BCUT2D eigenvalue weighted by atomic mass is 10.0. The van der Waals surface area contributed by atoms with Crippen LogP contribution in [-0.2, 0) is 6.42 Å². The first-order valence-corrected chi connectivity index (χ1v) is 7.35. The highest BCUT2D eigenvalue weighted by atomic mass is 16.3. The lowest BCUT2D eigenvalue weighted by Gasteiger charge is -2.10. The third-order valence-corrected chi connectivity index (χ3v) is 3.60. The molecule has 0 amide bonds. The van der Waals surface area contributed by atoms with Crippen LogP contribution >= 0.6 is 0 Å². The molecule has 0 bridgehead atoms. The summed E-state index contributed by atoms with van der Waals surface area (Å²) < 4.78 is 1.84. The van der Waals surface area contributed by atoms with E-state index in [9.17, 15) is 5.11 Å². The third-order valence-electron chi connectivity index (χ3n) is 3.60. The van der Waals surface area contributed by atoms with Crippen molar-refractivity contribution in [2.75, 3.05) is 0 Å². The van der Waals surface area contributed by atoms with Gasteiger partial charge in [-0.2, -0.15) is 0 Å². The average molecular weight is 281 g/mol. The predicted molar refractivity (Wildman–Crippen MR) is 83.5 cm³/mol. The molecule has 1 N–H and O–H groups in total. The molecule has 3 rings (SSSR count). The second kappa shape index (κ2) is 6.06. The number of rotatable bonds is 5. The summed E-state index contributed by atoms with van der Waals surface area (Å²) in [7, 11) is 0. The standard InChI is InChI=1S/C17H19N3O/c1-2-6-15(21)12-13-7-5-8-14(11-13)20-17-10-4-3-9-16(17)18-19-20/h3-5,7-11,15,21H,2,6,12H2,1H3/t15-/m0/s1. The van der Waals surface area contributed by atoms with Crippen molar-refractivity contribution in [1.29, 1.82) is 0 Å². The van der Waals surface area contributed by atoms with E-state index in [0.29, 0.717) is 6.42 Å². The second-order valence-corrected chi connectivity index (χ2v) is 5.31. The summed E-state index contributed by atoms with van der Waals surface area (Å²) in [5.41, 5.74) is 3.97. The van der Waals surface area contributed by atoms with Crippen molar-refractivity contribution in [1.82, 2.24) is 15.0 Å². The van der Waals surface area contributed by atoms with Crippen molar-refractivity contribution in [2.45, 2.75) is 32.3 Å². The van der Waals surface area contributed by atoms with Crippen LogP contribution < -0.4 is 0 Å². The maximum Gasteiger partial charge on any atom is 0.113 e. The monoisotopic (exact) mass is 281 g/mol. The Bertz CT molecular complexity index is 735. The van der Waals surface area contributed by atoms with Crippen LogP contribution in [-0.4, -0.2) is 26.2 Å². The summed E-state index contributed by atoms with van der Waals surface area (Å²) in [5, 5.41) is 18.4. The average Bonchev–Trinajstić information content (AvgIpc) is 2.91. The lowest BCUT2D eigenvalue weighted by Crippen LogP contribution is -2.10. The summed E-state index contributed by atoms with van der Waals surface area (Å²) in [6.45, 7) is 2.08. The summed E-state index contributed by atoms with van der Waals surface area (Å²) in [5.74, 6) is 0. The third kappa shape index (κ3) is 2.95. The fourth-order valence-electron chi connectivity index (χ4n) is 2.58. The number of aliphatic hydroxyl groups is 1. The van der Waals surface area contributed by atoms with E-state index in [2.05, 4.69) is 23.3 Å². The van der Waals surface area contributed by atoms with Gasteiger partial charge >= 0.3 is 0 Å². The van der Waals surface area contributed by atoms with Crippen molar-refractivity contribution in [2.24, 2.45) is 0 Å². The van der Waals surface area contributed by atoms with Crippen molar-refractivity contribution in [3.8, 4) is 5.69 Å². The summed E-state index contributed by atoms with van der Waals surface area (Å²) in [6, 6.07) is 16.0. The molecule has 3 aromatic rings. The quantitative estimate of drug-likeness (QED) is 0.781. The molecule has 21 heavy (non-hydrogen) atoms. The van der Waals surface area contributed by atoms with Crippen molar-refractivity contribution in [3.05, 3.63) is 54.1 Å². The maximum absolute atomic E-state index is 9.96. The van der Waals surface area contributed by atoms with Crippen LogP contribution in [0.2, 0.25) is 0 Å². The highest BCUT2D eigenvalue weighted by Gasteiger charge is 2.08. The van der Waals surface area contributed by atoms with E-state index in [0.717, 1.165) is 35.1 Å². The molecule has 0 unspecified atom stereocenters. The van der Waals surface area contributed by atoms with E-state index in [1.54, 1.807) is 0 Å². The Balaban J connectivity index is 1.92. The van der Waals surface area contributed by atoms with Gasteiger partial charge in [0.1, 0.15) is 5.52 Å². The van der Waals surface area contributed by atoms with Crippen LogP contribution in [0.25, 0.3) is 16.7 Å². The zero-order chi connectivity index (χ0) is 14.7. The minimum atomic E-state index is -0.280. The molecule has 0 spiro atoms. The largest absolute Gasteiger partial charge is 0.393 e. The van der Waals surface area contributed by atoms with Crippen LogP contribution in [0, 0.1) is 0 Å². The van der Waals surface area contributed by atoms with Gasteiger partial charge < -0.3 is 5.11 Å². The SMILES string of the molecule is CCC[C@H](O)Cc1cccc(-n2nnc3ccccc32)c1. The first kappa shape index (κ1) is 13.8. The number of para-hydroxylation sites is 1. The highest BCUT2D eigenvalue weighted by molar-refractivity contribution is 5.75. The molecule has 0 saturated heterocycles. The Hall–Kier alpha value is -2.20. The molecule has 4 heteroatoms. The van der Waals surface area contributed by atoms with Gasteiger partial charge in [0.05, 0.1) is 17.3 Å². The van der Waals surface area contributed by atoms with Gasteiger partial charge in [-0.15, -0.1) is 5.10 Å². The molecule has 0 aliphatic carbocycles. The number of hydrogen-bond donors (Lipinski definition) is 1. The molecule has 0 aliphatic rings. The summed E-state index contributed by atoms with van der Waals surface area (Å²) >= 11 is 0. The minimum Gasteiger partial charge on any atom is -0.393 e. The lowest BCUT2D eigenvalue weighted by molar-refractivity contribution is 0.164. The van der Waals surface area contributed by atoms with Crippen LogP contribution in [0.1, 0.15) is 25.3 Å². The predicted octanol–water partition coefficient (Wildman–Crippen LogP) is 3.12. The van der Waals surface area contributed by atoms with Gasteiger partial charge in [-0.3, -0.25) is 0 Å². The number of hydrogen-bond acceptors (Lipinski definition) is 3. The van der Waals surface area contributed by atoms with Gasteiger partial charge in [-0.25, -0.2) is 4.68 Å². The maximum atomic E-state index is 9.96. The van der Waals surface area contributed by atoms with Crippen molar-refractivity contribution >= 4 is 11.0 Å². The molecule has 1 heterocycles. The van der Waals surface area contributed by atoms with Crippen molar-refractivity contribution < 1.29 is 5.11 Å². The van der Waals surface area contributed by atoms with E-state index < -0.39 is 0 Å². The molecule has 0 fully saturated rings. The topological polar surface area (TPSA) is 50.9 Å². The van der Waals surface area contributed by atoms with Crippen LogP contribution in [0.15, 0.2) is 48.5 Å². The zero-order valence-corrected chi connectivity index (χ0v) is 12.1. The molecule has 0 aliphatic heterocycles.